The smallest absolute Gasteiger partial charge is 0.273 e. The molecule has 1 aliphatic rings. The lowest BCUT2D eigenvalue weighted by Gasteiger charge is -2.24. The van der Waals surface area contributed by atoms with Gasteiger partial charge < -0.3 is 14.4 Å². The van der Waals surface area contributed by atoms with Crippen LogP contribution in [0.1, 0.15) is 55.0 Å². The van der Waals surface area contributed by atoms with E-state index in [0.717, 1.165) is 30.9 Å². The Hall–Kier alpha value is -2.11. The van der Waals surface area contributed by atoms with Crippen LogP contribution in [0.4, 0.5) is 0 Å². The van der Waals surface area contributed by atoms with Crippen LogP contribution in [0.25, 0.3) is 0 Å². The standard InChI is InChI=1S/C16H22N4O2/c1-10-7-12(19-22-10)15(21)17-11-5-6-14-18-13(16(2,3)4)9-20(14)8-11/h7,9,11H,5-6,8H2,1-4H3,(H,17,21)/t11-/m1/s1. The molecule has 3 rings (SSSR count). The van der Waals surface area contributed by atoms with Crippen molar-refractivity contribution in [3.63, 3.8) is 0 Å². The Balaban J connectivity index is 1.69. The summed E-state index contributed by atoms with van der Waals surface area (Å²) in [4.78, 5) is 16.9. The number of rotatable bonds is 2. The van der Waals surface area contributed by atoms with Crippen molar-refractivity contribution in [3.05, 3.63) is 35.2 Å². The number of nitrogens with one attached hydrogen (secondary N) is 1. The van der Waals surface area contributed by atoms with Crippen molar-refractivity contribution in [2.45, 2.75) is 58.5 Å². The highest BCUT2D eigenvalue weighted by atomic mass is 16.5. The minimum atomic E-state index is -0.179. The molecule has 2 aromatic rings. The molecule has 6 nitrogen and oxygen atoms in total. The van der Waals surface area contributed by atoms with Crippen LogP contribution in [0.3, 0.4) is 0 Å². The van der Waals surface area contributed by atoms with E-state index in [1.165, 1.54) is 0 Å². The van der Waals surface area contributed by atoms with Crippen molar-refractivity contribution in [3.8, 4) is 0 Å². The van der Waals surface area contributed by atoms with E-state index in [0.29, 0.717) is 11.5 Å². The van der Waals surface area contributed by atoms with E-state index in [1.54, 1.807) is 13.0 Å². The molecule has 0 unspecified atom stereocenters. The first-order valence-electron chi connectivity index (χ1n) is 7.63. The fourth-order valence-corrected chi connectivity index (χ4v) is 2.66. The molecule has 1 atom stereocenters. The molecule has 1 amide bonds. The van der Waals surface area contributed by atoms with E-state index in [9.17, 15) is 4.79 Å². The van der Waals surface area contributed by atoms with Crippen molar-refractivity contribution in [1.29, 1.82) is 0 Å². The quantitative estimate of drug-likeness (QED) is 0.923. The lowest BCUT2D eigenvalue weighted by atomic mass is 9.93. The molecule has 1 aliphatic heterocycles. The molecule has 0 spiro atoms. The predicted octanol–water partition coefficient (Wildman–Crippen LogP) is 2.22. The first-order valence-corrected chi connectivity index (χ1v) is 7.63. The van der Waals surface area contributed by atoms with Gasteiger partial charge in [0.25, 0.3) is 5.91 Å². The van der Waals surface area contributed by atoms with E-state index in [1.807, 2.05) is 0 Å². The molecular formula is C16H22N4O2. The van der Waals surface area contributed by atoms with Crippen LogP contribution in [0.5, 0.6) is 0 Å². The van der Waals surface area contributed by atoms with Crippen LogP contribution >= 0.6 is 0 Å². The fraction of sp³-hybridized carbons (Fsp3) is 0.562. The van der Waals surface area contributed by atoms with Gasteiger partial charge in [-0.2, -0.15) is 0 Å². The highest BCUT2D eigenvalue weighted by Crippen LogP contribution is 2.24. The third-order valence-corrected chi connectivity index (χ3v) is 3.96. The summed E-state index contributed by atoms with van der Waals surface area (Å²) in [6.45, 7) is 9.01. The van der Waals surface area contributed by atoms with Crippen molar-refractivity contribution in [1.82, 2.24) is 20.0 Å². The average Bonchev–Trinajstić information content (AvgIpc) is 3.03. The highest BCUT2D eigenvalue weighted by Gasteiger charge is 2.26. The van der Waals surface area contributed by atoms with Gasteiger partial charge in [-0.15, -0.1) is 0 Å². The van der Waals surface area contributed by atoms with Crippen LogP contribution in [0.15, 0.2) is 16.8 Å². The molecule has 0 bridgehead atoms. The second-order valence-corrected chi connectivity index (χ2v) is 6.98. The molecule has 0 saturated heterocycles. The van der Waals surface area contributed by atoms with E-state index in [4.69, 9.17) is 9.51 Å². The second-order valence-electron chi connectivity index (χ2n) is 6.98. The number of imidazole rings is 1. The van der Waals surface area contributed by atoms with Gasteiger partial charge >= 0.3 is 0 Å². The number of carbonyl (C=O) groups is 1. The Kier molecular flexibility index (Phi) is 3.54. The topological polar surface area (TPSA) is 73.0 Å². The summed E-state index contributed by atoms with van der Waals surface area (Å²) in [5.74, 6) is 1.56. The van der Waals surface area contributed by atoms with Gasteiger partial charge in [-0.05, 0) is 13.3 Å². The number of carbonyl (C=O) groups excluding carboxylic acids is 1. The number of amides is 1. The summed E-state index contributed by atoms with van der Waals surface area (Å²) in [6, 6.07) is 1.75. The highest BCUT2D eigenvalue weighted by molar-refractivity contribution is 5.92. The second kappa shape index (κ2) is 5.26. The van der Waals surface area contributed by atoms with Gasteiger partial charge in [0, 0.05) is 36.7 Å². The number of hydrogen-bond acceptors (Lipinski definition) is 4. The number of nitrogens with zero attached hydrogens (tertiary/aromatic N) is 3. The summed E-state index contributed by atoms with van der Waals surface area (Å²) >= 11 is 0. The molecule has 22 heavy (non-hydrogen) atoms. The number of aromatic nitrogens is 3. The molecule has 0 saturated carbocycles. The first-order chi connectivity index (χ1) is 10.3. The average molecular weight is 302 g/mol. The molecule has 0 aromatic carbocycles. The lowest BCUT2D eigenvalue weighted by molar-refractivity contribution is 0.0918. The molecule has 118 valence electrons. The molecule has 0 radical (unpaired) electrons. The van der Waals surface area contributed by atoms with E-state index < -0.39 is 0 Å². The van der Waals surface area contributed by atoms with Crippen molar-refractivity contribution >= 4 is 5.91 Å². The number of hydrogen-bond donors (Lipinski definition) is 1. The molecule has 2 aromatic heterocycles. The van der Waals surface area contributed by atoms with E-state index >= 15 is 0 Å². The Morgan fingerprint density at radius 2 is 2.23 bits per heavy atom. The first kappa shape index (κ1) is 14.8. The molecule has 0 aliphatic carbocycles. The SMILES string of the molecule is Cc1cc(C(=O)N[C@@H]2CCc3nc(C(C)(C)C)cn3C2)no1. The van der Waals surface area contributed by atoms with Crippen LogP contribution in [0.2, 0.25) is 0 Å². The normalized spacial score (nSPS) is 18.1. The lowest BCUT2D eigenvalue weighted by Crippen LogP contribution is -2.41. The van der Waals surface area contributed by atoms with Crippen molar-refractivity contribution in [2.24, 2.45) is 0 Å². The van der Waals surface area contributed by atoms with E-state index in [-0.39, 0.29) is 17.4 Å². The minimum absolute atomic E-state index is 0.0430. The van der Waals surface area contributed by atoms with E-state index in [2.05, 4.69) is 42.0 Å². The molecule has 0 fully saturated rings. The Morgan fingerprint density at radius 3 is 2.86 bits per heavy atom. The summed E-state index contributed by atoms with van der Waals surface area (Å²) in [7, 11) is 0. The maximum atomic E-state index is 12.1. The summed E-state index contributed by atoms with van der Waals surface area (Å²) < 4.78 is 7.10. The Bertz CT molecular complexity index is 693. The molecule has 6 heteroatoms. The van der Waals surface area contributed by atoms with Gasteiger partial charge in [0.1, 0.15) is 11.6 Å². The van der Waals surface area contributed by atoms with Gasteiger partial charge in [0.05, 0.1) is 5.69 Å². The zero-order valence-electron chi connectivity index (χ0n) is 13.5. The zero-order valence-corrected chi connectivity index (χ0v) is 13.5. The van der Waals surface area contributed by atoms with Crippen molar-refractivity contribution < 1.29 is 9.32 Å². The monoisotopic (exact) mass is 302 g/mol. The number of fused-ring (bicyclic) bond motifs is 1. The van der Waals surface area contributed by atoms with Crippen LogP contribution in [0, 0.1) is 6.92 Å². The van der Waals surface area contributed by atoms with Crippen molar-refractivity contribution in [2.75, 3.05) is 0 Å². The largest absolute Gasteiger partial charge is 0.361 e. The van der Waals surface area contributed by atoms with Gasteiger partial charge in [-0.3, -0.25) is 4.79 Å². The van der Waals surface area contributed by atoms with Crippen LogP contribution in [-0.2, 0) is 18.4 Å². The third kappa shape index (κ3) is 2.91. The maximum absolute atomic E-state index is 12.1. The fourth-order valence-electron chi connectivity index (χ4n) is 2.66. The molecular weight excluding hydrogens is 280 g/mol. The van der Waals surface area contributed by atoms with Crippen LogP contribution < -0.4 is 5.32 Å². The Morgan fingerprint density at radius 1 is 1.45 bits per heavy atom. The summed E-state index contributed by atoms with van der Waals surface area (Å²) in [5.41, 5.74) is 1.48. The van der Waals surface area contributed by atoms with Gasteiger partial charge in [0.2, 0.25) is 0 Å². The van der Waals surface area contributed by atoms with Gasteiger partial charge in [-0.25, -0.2) is 4.98 Å². The summed E-state index contributed by atoms with van der Waals surface area (Å²) in [6.07, 6.45) is 3.87. The van der Waals surface area contributed by atoms with Gasteiger partial charge in [0.15, 0.2) is 5.69 Å². The predicted molar refractivity (Wildman–Crippen MR) is 81.7 cm³/mol. The number of aryl methyl sites for hydroxylation is 2. The Labute approximate surface area is 129 Å². The molecule has 1 N–H and O–H groups in total. The summed E-state index contributed by atoms with van der Waals surface area (Å²) in [5, 5.41) is 6.78. The third-order valence-electron chi connectivity index (χ3n) is 3.96. The maximum Gasteiger partial charge on any atom is 0.273 e. The van der Waals surface area contributed by atoms with Crippen LogP contribution in [-0.4, -0.2) is 26.7 Å². The zero-order chi connectivity index (χ0) is 15.9. The van der Waals surface area contributed by atoms with Gasteiger partial charge in [-0.1, -0.05) is 25.9 Å². The minimum Gasteiger partial charge on any atom is -0.361 e. The molecule has 3 heterocycles.